The van der Waals surface area contributed by atoms with Crippen molar-refractivity contribution in [2.75, 3.05) is 20.1 Å². The molecule has 0 aromatic heterocycles. The third kappa shape index (κ3) is 2.38. The van der Waals surface area contributed by atoms with Crippen LogP contribution in [-0.4, -0.2) is 31.1 Å². The summed E-state index contributed by atoms with van der Waals surface area (Å²) in [5.74, 6) is 0. The highest BCUT2D eigenvalue weighted by Crippen LogP contribution is 2.30. The maximum atomic E-state index is 3.86. The van der Waals surface area contributed by atoms with E-state index in [2.05, 4.69) is 41.5 Å². The van der Waals surface area contributed by atoms with Crippen LogP contribution in [0.1, 0.15) is 36.4 Å². The van der Waals surface area contributed by atoms with Gasteiger partial charge in [-0.05, 0) is 50.4 Å². The minimum atomic E-state index is 0.594. The Labute approximate surface area is 104 Å². The molecule has 1 aliphatic carbocycles. The lowest BCUT2D eigenvalue weighted by Gasteiger charge is -2.29. The van der Waals surface area contributed by atoms with Gasteiger partial charge in [-0.3, -0.25) is 0 Å². The molecule has 1 aromatic rings. The van der Waals surface area contributed by atoms with Crippen molar-refractivity contribution in [3.05, 3.63) is 35.4 Å². The minimum absolute atomic E-state index is 0.594. The van der Waals surface area contributed by atoms with Gasteiger partial charge < -0.3 is 10.2 Å². The molecule has 0 bridgehead atoms. The smallest absolute Gasteiger partial charge is 0.0326 e. The van der Waals surface area contributed by atoms with E-state index in [1.165, 1.54) is 38.8 Å². The van der Waals surface area contributed by atoms with Gasteiger partial charge in [0, 0.05) is 18.6 Å². The summed E-state index contributed by atoms with van der Waals surface area (Å²) in [6.45, 7) is 2.45. The van der Waals surface area contributed by atoms with Gasteiger partial charge in [-0.1, -0.05) is 24.3 Å². The average molecular weight is 230 g/mol. The van der Waals surface area contributed by atoms with E-state index >= 15 is 0 Å². The molecule has 2 atom stereocenters. The zero-order valence-electron chi connectivity index (χ0n) is 10.7. The molecule has 0 spiro atoms. The Hall–Kier alpha value is -0.860. The Morgan fingerprint density at radius 2 is 2.12 bits per heavy atom. The molecule has 1 aliphatic heterocycles. The molecule has 0 radical (unpaired) electrons. The van der Waals surface area contributed by atoms with E-state index in [1.54, 1.807) is 11.1 Å². The van der Waals surface area contributed by atoms with Gasteiger partial charge in [0.25, 0.3) is 0 Å². The molecule has 2 nitrogen and oxygen atoms in total. The predicted octanol–water partition coefficient (Wildman–Crippen LogP) is 2.36. The average Bonchev–Trinajstić information content (AvgIpc) is 2.75. The third-order valence-electron chi connectivity index (χ3n) is 4.20. The molecule has 0 amide bonds. The second-order valence-electron chi connectivity index (χ2n) is 5.56. The van der Waals surface area contributed by atoms with Gasteiger partial charge in [-0.25, -0.2) is 0 Å². The maximum Gasteiger partial charge on any atom is 0.0326 e. The number of aryl methyl sites for hydroxylation is 1. The number of likely N-dealkylation sites (tertiary alicyclic amines) is 1. The largest absolute Gasteiger partial charge is 0.306 e. The van der Waals surface area contributed by atoms with Crippen molar-refractivity contribution >= 4 is 0 Å². The molecule has 2 aliphatic rings. The van der Waals surface area contributed by atoms with E-state index < -0.39 is 0 Å². The fourth-order valence-corrected chi connectivity index (χ4v) is 3.28. The van der Waals surface area contributed by atoms with Crippen LogP contribution in [0.4, 0.5) is 0 Å². The number of nitrogens with zero attached hydrogens (tertiary/aromatic N) is 1. The van der Waals surface area contributed by atoms with Crippen molar-refractivity contribution < 1.29 is 0 Å². The Morgan fingerprint density at radius 1 is 1.24 bits per heavy atom. The summed E-state index contributed by atoms with van der Waals surface area (Å²) in [5.41, 5.74) is 3.11. The number of nitrogens with one attached hydrogen (secondary N) is 1. The normalized spacial score (nSPS) is 29.2. The Morgan fingerprint density at radius 3 is 2.94 bits per heavy atom. The van der Waals surface area contributed by atoms with Crippen molar-refractivity contribution in [3.8, 4) is 0 Å². The topological polar surface area (TPSA) is 15.3 Å². The molecule has 2 unspecified atom stereocenters. The highest BCUT2D eigenvalue weighted by atomic mass is 15.2. The lowest BCUT2D eigenvalue weighted by molar-refractivity contribution is 0.366. The van der Waals surface area contributed by atoms with Crippen LogP contribution in [0.5, 0.6) is 0 Å². The number of likely N-dealkylation sites (N-methyl/N-ethyl adjacent to an activating group) is 1. The van der Waals surface area contributed by atoms with Crippen LogP contribution in [0.25, 0.3) is 0 Å². The van der Waals surface area contributed by atoms with Crippen LogP contribution >= 0.6 is 0 Å². The molecular weight excluding hydrogens is 208 g/mol. The molecule has 1 N–H and O–H groups in total. The highest BCUT2D eigenvalue weighted by Gasteiger charge is 2.25. The molecule has 92 valence electrons. The number of benzene rings is 1. The molecule has 2 heteroatoms. The number of fused-ring (bicyclic) bond motifs is 1. The summed E-state index contributed by atoms with van der Waals surface area (Å²) in [7, 11) is 2.22. The molecule has 1 saturated heterocycles. The summed E-state index contributed by atoms with van der Waals surface area (Å²) >= 11 is 0. The van der Waals surface area contributed by atoms with Gasteiger partial charge in [0.05, 0.1) is 0 Å². The van der Waals surface area contributed by atoms with Crippen LogP contribution in [0, 0.1) is 0 Å². The zero-order chi connectivity index (χ0) is 11.7. The fourth-order valence-electron chi connectivity index (χ4n) is 3.28. The van der Waals surface area contributed by atoms with Crippen LogP contribution in [0.15, 0.2) is 24.3 Å². The summed E-state index contributed by atoms with van der Waals surface area (Å²) in [6, 6.07) is 10.2. The standard InChI is InChI=1S/C15H22N2/c1-17-10-9-13(11-17)16-15-8-4-6-12-5-2-3-7-14(12)15/h2-3,5,7,13,15-16H,4,6,8-11H2,1H3. The molecule has 1 aromatic carbocycles. The lowest BCUT2D eigenvalue weighted by atomic mass is 9.87. The highest BCUT2D eigenvalue weighted by molar-refractivity contribution is 5.32. The van der Waals surface area contributed by atoms with Crippen LogP contribution in [-0.2, 0) is 6.42 Å². The van der Waals surface area contributed by atoms with E-state index in [0.29, 0.717) is 12.1 Å². The van der Waals surface area contributed by atoms with Crippen LogP contribution < -0.4 is 5.32 Å². The van der Waals surface area contributed by atoms with Gasteiger partial charge in [-0.2, -0.15) is 0 Å². The molecule has 1 heterocycles. The Bertz CT molecular complexity index is 388. The van der Waals surface area contributed by atoms with E-state index in [1.807, 2.05) is 0 Å². The molecule has 17 heavy (non-hydrogen) atoms. The number of hydrogen-bond acceptors (Lipinski definition) is 2. The van der Waals surface area contributed by atoms with Crippen molar-refractivity contribution in [2.24, 2.45) is 0 Å². The van der Waals surface area contributed by atoms with Gasteiger partial charge in [-0.15, -0.1) is 0 Å². The van der Waals surface area contributed by atoms with Crippen molar-refractivity contribution in [3.63, 3.8) is 0 Å². The van der Waals surface area contributed by atoms with Gasteiger partial charge in [0.1, 0.15) is 0 Å². The summed E-state index contributed by atoms with van der Waals surface area (Å²) in [5, 5.41) is 3.86. The first kappa shape index (κ1) is 11.2. The van der Waals surface area contributed by atoms with Crippen LogP contribution in [0.3, 0.4) is 0 Å². The first-order valence-electron chi connectivity index (χ1n) is 6.85. The van der Waals surface area contributed by atoms with Crippen molar-refractivity contribution in [1.82, 2.24) is 10.2 Å². The maximum absolute atomic E-state index is 3.86. The lowest BCUT2D eigenvalue weighted by Crippen LogP contribution is -2.36. The Kier molecular flexibility index (Phi) is 3.17. The summed E-state index contributed by atoms with van der Waals surface area (Å²) in [6.07, 6.45) is 5.20. The molecule has 3 rings (SSSR count). The first-order valence-corrected chi connectivity index (χ1v) is 6.85. The predicted molar refractivity (Wildman–Crippen MR) is 71.2 cm³/mol. The minimum Gasteiger partial charge on any atom is -0.306 e. The first-order chi connectivity index (χ1) is 8.33. The summed E-state index contributed by atoms with van der Waals surface area (Å²) < 4.78 is 0. The van der Waals surface area contributed by atoms with Gasteiger partial charge >= 0.3 is 0 Å². The van der Waals surface area contributed by atoms with Crippen molar-refractivity contribution in [2.45, 2.75) is 37.8 Å². The molecule has 1 fully saturated rings. The van der Waals surface area contributed by atoms with E-state index in [0.717, 1.165) is 0 Å². The third-order valence-corrected chi connectivity index (χ3v) is 4.20. The number of hydrogen-bond donors (Lipinski definition) is 1. The molecular formula is C15H22N2. The van der Waals surface area contributed by atoms with Gasteiger partial charge in [0.15, 0.2) is 0 Å². The van der Waals surface area contributed by atoms with E-state index in [-0.39, 0.29) is 0 Å². The SMILES string of the molecule is CN1CCC(NC2CCCc3ccccc32)C1. The van der Waals surface area contributed by atoms with E-state index in [4.69, 9.17) is 0 Å². The molecule has 0 saturated carbocycles. The monoisotopic (exact) mass is 230 g/mol. The Balaban J connectivity index is 1.72. The second-order valence-corrected chi connectivity index (χ2v) is 5.56. The van der Waals surface area contributed by atoms with E-state index in [9.17, 15) is 0 Å². The van der Waals surface area contributed by atoms with Crippen LogP contribution in [0.2, 0.25) is 0 Å². The second kappa shape index (κ2) is 4.79. The zero-order valence-corrected chi connectivity index (χ0v) is 10.7. The number of rotatable bonds is 2. The fraction of sp³-hybridized carbons (Fsp3) is 0.600. The van der Waals surface area contributed by atoms with Crippen molar-refractivity contribution in [1.29, 1.82) is 0 Å². The van der Waals surface area contributed by atoms with Gasteiger partial charge in [0.2, 0.25) is 0 Å². The summed E-state index contributed by atoms with van der Waals surface area (Å²) in [4.78, 5) is 2.42. The quantitative estimate of drug-likeness (QED) is 0.839.